The van der Waals surface area contributed by atoms with Crippen molar-refractivity contribution in [3.63, 3.8) is 0 Å². The number of benzene rings is 1. The van der Waals surface area contributed by atoms with Crippen molar-refractivity contribution in [2.75, 3.05) is 6.26 Å². The van der Waals surface area contributed by atoms with Crippen LogP contribution in [0.1, 0.15) is 79.3 Å². The molecule has 2 aromatic heterocycles. The van der Waals surface area contributed by atoms with Crippen molar-refractivity contribution in [2.24, 2.45) is 17.8 Å². The molecule has 0 radical (unpaired) electrons. The van der Waals surface area contributed by atoms with Gasteiger partial charge < -0.3 is 20.0 Å². The Kier molecular flexibility index (Phi) is 8.71. The van der Waals surface area contributed by atoms with E-state index in [1.54, 1.807) is 6.92 Å². The molecule has 1 fully saturated rings. The third kappa shape index (κ3) is 5.70. The fourth-order valence-corrected chi connectivity index (χ4v) is 6.92. The number of fused-ring (bicyclic) bond motifs is 1. The van der Waals surface area contributed by atoms with Gasteiger partial charge in [-0.3, -0.25) is 14.4 Å². The second kappa shape index (κ2) is 11.8. The van der Waals surface area contributed by atoms with Gasteiger partial charge in [-0.25, -0.2) is 0 Å². The first kappa shape index (κ1) is 28.0. The number of hydrogen-bond acceptors (Lipinski definition) is 4. The van der Waals surface area contributed by atoms with E-state index in [0.717, 1.165) is 59.3 Å². The molecule has 1 aliphatic rings. The summed E-state index contributed by atoms with van der Waals surface area (Å²) in [5.41, 5.74) is 3.83. The predicted octanol–water partition coefficient (Wildman–Crippen LogP) is 6.08. The number of carboxylic acids is 1. The monoisotopic (exact) mass is 537 g/mol. The van der Waals surface area contributed by atoms with Gasteiger partial charge >= 0.3 is 5.97 Å². The lowest BCUT2D eigenvalue weighted by Crippen LogP contribution is -2.28. The largest absolute Gasteiger partial charge is 0.481 e. The van der Waals surface area contributed by atoms with Crippen LogP contribution in [-0.4, -0.2) is 32.8 Å². The Morgan fingerprint density at radius 2 is 1.84 bits per heavy atom. The predicted molar refractivity (Wildman–Crippen MR) is 153 cm³/mol. The Balaban J connectivity index is 1.55. The zero-order valence-corrected chi connectivity index (χ0v) is 23.8. The molecule has 0 saturated heterocycles. The first-order valence-corrected chi connectivity index (χ1v) is 14.7. The van der Waals surface area contributed by atoms with Crippen LogP contribution in [0.4, 0.5) is 0 Å². The van der Waals surface area contributed by atoms with Crippen molar-refractivity contribution in [1.29, 1.82) is 0 Å². The smallest absolute Gasteiger partial charge is 0.306 e. The Morgan fingerprint density at radius 1 is 1.16 bits per heavy atom. The summed E-state index contributed by atoms with van der Waals surface area (Å²) in [6.07, 6.45) is 6.87. The van der Waals surface area contributed by atoms with Crippen LogP contribution < -0.4 is 10.9 Å². The summed E-state index contributed by atoms with van der Waals surface area (Å²) in [5.74, 6) is -0.259. The van der Waals surface area contributed by atoms with E-state index in [1.807, 2.05) is 44.4 Å². The van der Waals surface area contributed by atoms with Crippen LogP contribution in [0.3, 0.4) is 0 Å². The van der Waals surface area contributed by atoms with Gasteiger partial charge in [0.2, 0.25) is 0 Å². The molecule has 0 aliphatic heterocycles. The van der Waals surface area contributed by atoms with Crippen molar-refractivity contribution in [1.82, 2.24) is 14.9 Å². The number of hydrogen-bond donors (Lipinski definition) is 3. The first-order valence-electron chi connectivity index (χ1n) is 13.5. The van der Waals surface area contributed by atoms with Gasteiger partial charge in [-0.2, -0.15) is 0 Å². The van der Waals surface area contributed by atoms with E-state index in [1.165, 1.54) is 11.8 Å². The summed E-state index contributed by atoms with van der Waals surface area (Å²) < 4.78 is 2.31. The standard InChI is InChI=1S/C30H39N3O4S/c1-17(30(36)37)14-21-10-12-22(13-11-21)19(3)33-20(4)27(23-8-6-7-9-25(23)33)29(35)31-16-24-26(38-5)15-18(2)32-28(24)34/h6-9,15,17,19,21-22H,10-14,16H2,1-5H3,(H,31,35)(H,32,34)(H,36,37)/t17?,19-,21?,22?/m1/s1. The summed E-state index contributed by atoms with van der Waals surface area (Å²) in [7, 11) is 0. The van der Waals surface area contributed by atoms with Gasteiger partial charge in [0.05, 0.1) is 11.5 Å². The number of carbonyl (C=O) groups excluding carboxylic acids is 1. The Hall–Kier alpha value is -3.00. The van der Waals surface area contributed by atoms with E-state index in [9.17, 15) is 19.5 Å². The van der Waals surface area contributed by atoms with E-state index in [2.05, 4.69) is 27.9 Å². The van der Waals surface area contributed by atoms with Crippen LogP contribution in [0.25, 0.3) is 10.9 Å². The molecule has 1 amide bonds. The van der Waals surface area contributed by atoms with Gasteiger partial charge in [0.15, 0.2) is 0 Å². The number of aryl methyl sites for hydroxylation is 1. The minimum absolute atomic E-state index is 0.165. The maximum atomic E-state index is 13.6. The number of carboxylic acid groups (broad SMARTS) is 1. The summed E-state index contributed by atoms with van der Waals surface area (Å²) in [6, 6.07) is 10.2. The summed E-state index contributed by atoms with van der Waals surface area (Å²) >= 11 is 1.50. The van der Waals surface area contributed by atoms with Crippen molar-refractivity contribution in [3.05, 3.63) is 63.2 Å². The van der Waals surface area contributed by atoms with Crippen LogP contribution in [0.5, 0.6) is 0 Å². The molecule has 0 bridgehead atoms. The molecule has 3 aromatic rings. The van der Waals surface area contributed by atoms with Crippen LogP contribution >= 0.6 is 11.8 Å². The molecular weight excluding hydrogens is 498 g/mol. The lowest BCUT2D eigenvalue weighted by atomic mass is 9.76. The van der Waals surface area contributed by atoms with Gasteiger partial charge in [-0.15, -0.1) is 11.8 Å². The summed E-state index contributed by atoms with van der Waals surface area (Å²) in [6.45, 7) is 8.07. The number of carbonyl (C=O) groups is 2. The first-order chi connectivity index (χ1) is 18.1. The zero-order valence-electron chi connectivity index (χ0n) is 23.0. The fourth-order valence-electron chi connectivity index (χ4n) is 6.21. The van der Waals surface area contributed by atoms with Crippen molar-refractivity contribution in [2.45, 2.75) is 77.3 Å². The van der Waals surface area contributed by atoms with Crippen molar-refractivity contribution in [3.8, 4) is 0 Å². The molecule has 2 heterocycles. The second-order valence-electron chi connectivity index (χ2n) is 10.9. The van der Waals surface area contributed by atoms with Crippen LogP contribution in [0.15, 0.2) is 40.0 Å². The van der Waals surface area contributed by atoms with Gasteiger partial charge in [0.25, 0.3) is 11.5 Å². The summed E-state index contributed by atoms with van der Waals surface area (Å²) in [4.78, 5) is 41.1. The third-order valence-electron chi connectivity index (χ3n) is 8.35. The average Bonchev–Trinajstić information content (AvgIpc) is 3.19. The molecule has 3 N–H and O–H groups in total. The van der Waals surface area contributed by atoms with Gasteiger partial charge in [-0.05, 0) is 70.3 Å². The quantitative estimate of drug-likeness (QED) is 0.287. The normalized spacial score (nSPS) is 19.3. The molecule has 1 aliphatic carbocycles. The van der Waals surface area contributed by atoms with Gasteiger partial charge in [0, 0.05) is 45.3 Å². The van der Waals surface area contributed by atoms with Gasteiger partial charge in [-0.1, -0.05) is 38.0 Å². The number of aromatic nitrogens is 2. The van der Waals surface area contributed by atoms with E-state index in [-0.39, 0.29) is 30.0 Å². The lowest BCUT2D eigenvalue weighted by Gasteiger charge is -2.34. The van der Waals surface area contributed by atoms with E-state index < -0.39 is 5.97 Å². The minimum atomic E-state index is -0.711. The number of thioether (sulfide) groups is 1. The Bertz CT molecular complexity index is 1380. The van der Waals surface area contributed by atoms with Gasteiger partial charge in [0.1, 0.15) is 0 Å². The molecule has 204 valence electrons. The maximum absolute atomic E-state index is 13.6. The molecule has 4 rings (SSSR count). The number of pyridine rings is 1. The molecule has 1 unspecified atom stereocenters. The molecule has 7 nitrogen and oxygen atoms in total. The second-order valence-corrected chi connectivity index (χ2v) is 11.7. The van der Waals surface area contributed by atoms with E-state index in [0.29, 0.717) is 23.0 Å². The number of rotatable bonds is 9. The highest BCUT2D eigenvalue weighted by molar-refractivity contribution is 7.98. The highest BCUT2D eigenvalue weighted by Crippen LogP contribution is 2.40. The number of nitrogens with one attached hydrogen (secondary N) is 2. The van der Waals surface area contributed by atoms with Crippen LogP contribution in [-0.2, 0) is 11.3 Å². The molecule has 38 heavy (non-hydrogen) atoms. The highest BCUT2D eigenvalue weighted by atomic mass is 32.2. The topological polar surface area (TPSA) is 104 Å². The van der Waals surface area contributed by atoms with E-state index in [4.69, 9.17) is 0 Å². The molecule has 8 heteroatoms. The number of para-hydroxylation sites is 1. The molecule has 1 saturated carbocycles. The molecule has 2 atom stereocenters. The molecule has 0 spiro atoms. The molecular formula is C30H39N3O4S. The summed E-state index contributed by atoms with van der Waals surface area (Å²) in [5, 5.41) is 13.2. The number of amides is 1. The SMILES string of the molecule is CSc1cc(C)[nH]c(=O)c1CNC(=O)c1c(C)n([C@H](C)C2CCC(CC(C)C(=O)O)CC2)c2ccccc12. The van der Waals surface area contributed by atoms with Crippen molar-refractivity contribution >= 4 is 34.5 Å². The Morgan fingerprint density at radius 3 is 2.50 bits per heavy atom. The number of H-pyrrole nitrogens is 1. The Labute approximate surface area is 228 Å². The van der Waals surface area contributed by atoms with Crippen molar-refractivity contribution < 1.29 is 14.7 Å². The zero-order chi connectivity index (χ0) is 27.6. The number of aliphatic carboxylic acids is 1. The van der Waals surface area contributed by atoms with Crippen LogP contribution in [0.2, 0.25) is 0 Å². The molecule has 1 aromatic carbocycles. The maximum Gasteiger partial charge on any atom is 0.306 e. The fraction of sp³-hybridized carbons (Fsp3) is 0.500. The van der Waals surface area contributed by atoms with Crippen LogP contribution in [0, 0.1) is 31.6 Å². The number of nitrogens with zero attached hydrogens (tertiary/aromatic N) is 1. The average molecular weight is 538 g/mol. The highest BCUT2D eigenvalue weighted by Gasteiger charge is 2.31. The third-order valence-corrected chi connectivity index (χ3v) is 9.15. The van der Waals surface area contributed by atoms with E-state index >= 15 is 0 Å². The number of aromatic amines is 1. The lowest BCUT2D eigenvalue weighted by molar-refractivity contribution is -0.141. The minimum Gasteiger partial charge on any atom is -0.481 e.